The van der Waals surface area contributed by atoms with E-state index in [0.717, 1.165) is 15.4 Å². The van der Waals surface area contributed by atoms with E-state index in [1.807, 2.05) is 5.38 Å². The highest BCUT2D eigenvalue weighted by Crippen LogP contribution is 2.25. The smallest absolute Gasteiger partial charge is 0.293 e. The summed E-state index contributed by atoms with van der Waals surface area (Å²) < 4.78 is 27.5. The SMILES string of the molecule is Nc1ccc(S(=O)(=O)NCc2cc(Br)cs2)cc1[N+](=O)[O-]. The normalized spacial score (nSPS) is 11.5. The van der Waals surface area contributed by atoms with Crippen molar-refractivity contribution in [2.24, 2.45) is 0 Å². The minimum atomic E-state index is -3.84. The second-order valence-corrected chi connectivity index (χ2v) is 7.71. The molecular formula is C11H10BrN3O4S2. The van der Waals surface area contributed by atoms with E-state index in [2.05, 4.69) is 20.7 Å². The molecule has 1 aromatic heterocycles. The largest absolute Gasteiger partial charge is 0.393 e. The van der Waals surface area contributed by atoms with Crippen molar-refractivity contribution in [1.29, 1.82) is 0 Å². The average molecular weight is 392 g/mol. The van der Waals surface area contributed by atoms with Gasteiger partial charge < -0.3 is 5.73 Å². The summed E-state index contributed by atoms with van der Waals surface area (Å²) in [4.78, 5) is 10.7. The molecule has 2 aromatic rings. The van der Waals surface area contributed by atoms with E-state index in [-0.39, 0.29) is 17.1 Å². The number of halogens is 1. The average Bonchev–Trinajstić information content (AvgIpc) is 2.82. The molecule has 1 heterocycles. The molecule has 0 aliphatic carbocycles. The van der Waals surface area contributed by atoms with Gasteiger partial charge in [0.05, 0.1) is 9.82 Å². The Balaban J connectivity index is 2.23. The molecule has 2 rings (SSSR count). The molecule has 0 aliphatic heterocycles. The summed E-state index contributed by atoms with van der Waals surface area (Å²) in [5.74, 6) is 0. The molecule has 0 amide bonds. The van der Waals surface area contributed by atoms with Crippen LogP contribution in [0.25, 0.3) is 0 Å². The van der Waals surface area contributed by atoms with Gasteiger partial charge in [-0.1, -0.05) is 0 Å². The molecule has 21 heavy (non-hydrogen) atoms. The Kier molecular flexibility index (Phi) is 4.61. The van der Waals surface area contributed by atoms with Crippen LogP contribution >= 0.6 is 27.3 Å². The second kappa shape index (κ2) is 6.10. The van der Waals surface area contributed by atoms with Gasteiger partial charge in [-0.15, -0.1) is 11.3 Å². The number of rotatable bonds is 5. The highest BCUT2D eigenvalue weighted by Gasteiger charge is 2.20. The van der Waals surface area contributed by atoms with Crippen LogP contribution in [-0.4, -0.2) is 13.3 Å². The number of thiophene rings is 1. The molecule has 0 saturated carbocycles. The number of benzene rings is 1. The monoisotopic (exact) mass is 391 g/mol. The van der Waals surface area contributed by atoms with E-state index < -0.39 is 20.6 Å². The van der Waals surface area contributed by atoms with Crippen LogP contribution in [0.1, 0.15) is 4.88 Å². The Morgan fingerprint density at radius 3 is 2.67 bits per heavy atom. The van der Waals surface area contributed by atoms with E-state index in [1.54, 1.807) is 6.07 Å². The minimum Gasteiger partial charge on any atom is -0.393 e. The van der Waals surface area contributed by atoms with E-state index in [1.165, 1.54) is 23.5 Å². The van der Waals surface area contributed by atoms with Crippen molar-refractivity contribution in [3.05, 3.63) is 49.1 Å². The van der Waals surface area contributed by atoms with E-state index >= 15 is 0 Å². The number of nitro benzene ring substituents is 1. The second-order valence-electron chi connectivity index (χ2n) is 4.03. The Morgan fingerprint density at radius 2 is 2.10 bits per heavy atom. The van der Waals surface area contributed by atoms with E-state index in [0.29, 0.717) is 0 Å². The third-order valence-corrected chi connectivity index (χ3v) is 5.66. The fraction of sp³-hybridized carbons (Fsp3) is 0.0909. The van der Waals surface area contributed by atoms with Gasteiger partial charge in [0.2, 0.25) is 10.0 Å². The molecule has 3 N–H and O–H groups in total. The Morgan fingerprint density at radius 1 is 1.38 bits per heavy atom. The summed E-state index contributed by atoms with van der Waals surface area (Å²) in [6.45, 7) is 0.108. The zero-order valence-electron chi connectivity index (χ0n) is 10.4. The highest BCUT2D eigenvalue weighted by atomic mass is 79.9. The van der Waals surface area contributed by atoms with Crippen LogP contribution in [0.15, 0.2) is 39.0 Å². The van der Waals surface area contributed by atoms with Crippen LogP contribution in [-0.2, 0) is 16.6 Å². The molecule has 7 nitrogen and oxygen atoms in total. The molecule has 10 heteroatoms. The first-order chi connectivity index (χ1) is 9.79. The van der Waals surface area contributed by atoms with Crippen molar-refractivity contribution < 1.29 is 13.3 Å². The number of hydrogen-bond donors (Lipinski definition) is 2. The Labute approximate surface area is 133 Å². The topological polar surface area (TPSA) is 115 Å². The molecule has 1 aromatic carbocycles. The van der Waals surface area contributed by atoms with Gasteiger partial charge in [-0.2, -0.15) is 0 Å². The van der Waals surface area contributed by atoms with Crippen LogP contribution in [0.2, 0.25) is 0 Å². The fourth-order valence-electron chi connectivity index (χ4n) is 1.54. The number of nitrogens with two attached hydrogens (primary N) is 1. The zero-order chi connectivity index (χ0) is 15.6. The maximum absolute atomic E-state index is 12.1. The zero-order valence-corrected chi connectivity index (χ0v) is 13.7. The molecule has 0 spiro atoms. The number of nitro groups is 1. The summed E-state index contributed by atoms with van der Waals surface area (Å²) in [5, 5.41) is 12.6. The van der Waals surface area contributed by atoms with Crippen LogP contribution in [0, 0.1) is 10.1 Å². The van der Waals surface area contributed by atoms with Crippen molar-refractivity contribution in [2.75, 3.05) is 5.73 Å². The molecule has 0 unspecified atom stereocenters. The molecule has 0 radical (unpaired) electrons. The van der Waals surface area contributed by atoms with Gasteiger partial charge in [0, 0.05) is 27.3 Å². The van der Waals surface area contributed by atoms with Gasteiger partial charge in [0.25, 0.3) is 5.69 Å². The lowest BCUT2D eigenvalue weighted by molar-refractivity contribution is -0.384. The van der Waals surface area contributed by atoms with Gasteiger partial charge in [-0.25, -0.2) is 13.1 Å². The van der Waals surface area contributed by atoms with E-state index in [4.69, 9.17) is 5.73 Å². The quantitative estimate of drug-likeness (QED) is 0.461. The molecule has 0 atom stereocenters. The van der Waals surface area contributed by atoms with Gasteiger partial charge in [-0.05, 0) is 34.1 Å². The van der Waals surface area contributed by atoms with E-state index in [9.17, 15) is 18.5 Å². The number of sulfonamides is 1. The maximum atomic E-state index is 12.1. The first-order valence-corrected chi connectivity index (χ1v) is 8.71. The highest BCUT2D eigenvalue weighted by molar-refractivity contribution is 9.10. The summed E-state index contributed by atoms with van der Waals surface area (Å²) in [5.41, 5.74) is 4.93. The van der Waals surface area contributed by atoms with Crippen molar-refractivity contribution >= 4 is 48.7 Å². The summed E-state index contributed by atoms with van der Waals surface area (Å²) >= 11 is 4.67. The third-order valence-electron chi connectivity index (χ3n) is 2.57. The Bertz CT molecular complexity index is 789. The Hall–Kier alpha value is -1.49. The fourth-order valence-corrected chi connectivity index (χ4v) is 4.05. The van der Waals surface area contributed by atoms with Crippen LogP contribution in [0.3, 0.4) is 0 Å². The molecular weight excluding hydrogens is 382 g/mol. The predicted molar refractivity (Wildman–Crippen MR) is 83.6 cm³/mol. The summed E-state index contributed by atoms with van der Waals surface area (Å²) in [6, 6.07) is 5.17. The lowest BCUT2D eigenvalue weighted by Gasteiger charge is -2.06. The van der Waals surface area contributed by atoms with Crippen molar-refractivity contribution in [3.8, 4) is 0 Å². The number of nitrogens with zero attached hydrogens (tertiary/aromatic N) is 1. The third kappa shape index (κ3) is 3.79. The predicted octanol–water partition coefficient (Wildman–Crippen LogP) is 2.48. The standard InChI is InChI=1S/C11H10BrN3O4S2/c12-7-3-8(20-6-7)5-14-21(18,19)9-1-2-10(13)11(4-9)15(16)17/h1-4,6,14H,5,13H2. The lowest BCUT2D eigenvalue weighted by Crippen LogP contribution is -2.23. The number of nitrogen functional groups attached to an aromatic ring is 1. The van der Waals surface area contributed by atoms with Gasteiger partial charge in [0.1, 0.15) is 5.69 Å². The van der Waals surface area contributed by atoms with Crippen LogP contribution in [0.5, 0.6) is 0 Å². The van der Waals surface area contributed by atoms with Crippen LogP contribution in [0.4, 0.5) is 11.4 Å². The van der Waals surface area contributed by atoms with Crippen molar-refractivity contribution in [2.45, 2.75) is 11.4 Å². The number of nitrogens with one attached hydrogen (secondary N) is 1. The summed E-state index contributed by atoms with van der Waals surface area (Å²) in [7, 11) is -3.84. The van der Waals surface area contributed by atoms with Crippen molar-refractivity contribution in [1.82, 2.24) is 4.72 Å². The lowest BCUT2D eigenvalue weighted by atomic mass is 10.3. The molecule has 0 aliphatic rings. The van der Waals surface area contributed by atoms with Crippen LogP contribution < -0.4 is 10.5 Å². The van der Waals surface area contributed by atoms with Gasteiger partial charge in [-0.3, -0.25) is 10.1 Å². The molecule has 112 valence electrons. The van der Waals surface area contributed by atoms with Gasteiger partial charge in [0.15, 0.2) is 0 Å². The first kappa shape index (κ1) is 15.9. The molecule has 0 fully saturated rings. The maximum Gasteiger partial charge on any atom is 0.293 e. The summed E-state index contributed by atoms with van der Waals surface area (Å²) in [6.07, 6.45) is 0. The minimum absolute atomic E-state index is 0.0823. The molecule has 0 bridgehead atoms. The molecule has 0 saturated heterocycles. The van der Waals surface area contributed by atoms with Crippen molar-refractivity contribution in [3.63, 3.8) is 0 Å². The number of anilines is 1. The first-order valence-electron chi connectivity index (χ1n) is 5.56. The number of hydrogen-bond acceptors (Lipinski definition) is 6. The van der Waals surface area contributed by atoms with Gasteiger partial charge >= 0.3 is 0 Å².